The van der Waals surface area contributed by atoms with Crippen molar-refractivity contribution in [2.24, 2.45) is 0 Å². The normalized spacial score (nSPS) is 15.3. The molecule has 1 amide bonds. The summed E-state index contributed by atoms with van der Waals surface area (Å²) in [6, 6.07) is 14.0. The minimum atomic E-state index is 0.0630. The van der Waals surface area contributed by atoms with Gasteiger partial charge in [-0.2, -0.15) is 0 Å². The van der Waals surface area contributed by atoms with Gasteiger partial charge < -0.3 is 10.3 Å². The Morgan fingerprint density at radius 2 is 2.04 bits per heavy atom. The van der Waals surface area contributed by atoms with Gasteiger partial charge in [-0.15, -0.1) is 0 Å². The smallest absolute Gasteiger partial charge is 0.224 e. The number of carbonyl (C=O) groups is 1. The van der Waals surface area contributed by atoms with Gasteiger partial charge in [0.25, 0.3) is 0 Å². The van der Waals surface area contributed by atoms with Gasteiger partial charge in [0.05, 0.1) is 6.42 Å². The second-order valence-electron chi connectivity index (χ2n) is 7.05. The largest absolute Gasteiger partial charge is 0.361 e. The van der Waals surface area contributed by atoms with Crippen LogP contribution in [0.5, 0.6) is 0 Å². The van der Waals surface area contributed by atoms with E-state index < -0.39 is 0 Å². The number of carbonyl (C=O) groups excluding carboxylic acids is 1. The van der Waals surface area contributed by atoms with E-state index in [1.165, 1.54) is 10.9 Å². The zero-order valence-corrected chi connectivity index (χ0v) is 15.0. The highest BCUT2D eigenvalue weighted by Crippen LogP contribution is 2.50. The number of rotatable bonds is 5. The molecule has 0 aliphatic heterocycles. The first kappa shape index (κ1) is 16.2. The molecule has 1 fully saturated rings. The second-order valence-corrected chi connectivity index (χ2v) is 7.49. The fourth-order valence-corrected chi connectivity index (χ4v) is 3.71. The monoisotopic (exact) mass is 352 g/mol. The van der Waals surface area contributed by atoms with E-state index in [-0.39, 0.29) is 11.3 Å². The highest BCUT2D eigenvalue weighted by atomic mass is 35.5. The Balaban J connectivity index is 1.47. The number of fused-ring (bicyclic) bond motifs is 1. The zero-order valence-electron chi connectivity index (χ0n) is 14.2. The number of aryl methyl sites for hydroxylation is 1. The molecule has 0 unspecified atom stereocenters. The average Bonchev–Trinajstić information content (AvgIpc) is 3.27. The fourth-order valence-electron chi connectivity index (χ4n) is 3.54. The number of benzene rings is 2. The van der Waals surface area contributed by atoms with Crippen LogP contribution < -0.4 is 5.32 Å². The molecule has 0 spiro atoms. The lowest BCUT2D eigenvalue weighted by molar-refractivity contribution is -0.120. The van der Waals surface area contributed by atoms with E-state index in [1.807, 2.05) is 43.3 Å². The quantitative estimate of drug-likeness (QED) is 0.696. The van der Waals surface area contributed by atoms with Crippen LogP contribution >= 0.6 is 11.6 Å². The molecule has 4 heteroatoms. The van der Waals surface area contributed by atoms with Crippen molar-refractivity contribution in [2.45, 2.75) is 31.6 Å². The van der Waals surface area contributed by atoms with E-state index in [9.17, 15) is 4.79 Å². The Morgan fingerprint density at radius 3 is 2.80 bits per heavy atom. The maximum atomic E-state index is 12.4. The first-order chi connectivity index (χ1) is 12.1. The minimum absolute atomic E-state index is 0.0630. The van der Waals surface area contributed by atoms with Crippen molar-refractivity contribution in [3.8, 4) is 0 Å². The van der Waals surface area contributed by atoms with Crippen LogP contribution in [0.3, 0.4) is 0 Å². The molecule has 25 heavy (non-hydrogen) atoms. The molecule has 2 aromatic carbocycles. The Bertz CT molecular complexity index is 940. The van der Waals surface area contributed by atoms with Crippen LogP contribution in [0, 0.1) is 6.92 Å². The van der Waals surface area contributed by atoms with E-state index >= 15 is 0 Å². The van der Waals surface area contributed by atoms with Crippen molar-refractivity contribution >= 4 is 28.4 Å². The zero-order chi connectivity index (χ0) is 17.4. The lowest BCUT2D eigenvalue weighted by Crippen LogP contribution is -2.33. The summed E-state index contributed by atoms with van der Waals surface area (Å²) in [5.41, 5.74) is 4.65. The first-order valence-electron chi connectivity index (χ1n) is 8.66. The maximum Gasteiger partial charge on any atom is 0.224 e. The first-order valence-corrected chi connectivity index (χ1v) is 9.04. The van der Waals surface area contributed by atoms with Gasteiger partial charge in [0, 0.05) is 34.1 Å². The summed E-state index contributed by atoms with van der Waals surface area (Å²) in [5, 5.41) is 5.08. The average molecular weight is 353 g/mol. The molecule has 1 aliphatic rings. The van der Waals surface area contributed by atoms with Gasteiger partial charge >= 0.3 is 0 Å². The van der Waals surface area contributed by atoms with Crippen molar-refractivity contribution < 1.29 is 4.79 Å². The molecular weight excluding hydrogens is 332 g/mol. The molecule has 0 atom stereocenters. The fraction of sp³-hybridized carbons (Fsp3) is 0.286. The second kappa shape index (κ2) is 6.23. The highest BCUT2D eigenvalue weighted by molar-refractivity contribution is 6.31. The third kappa shape index (κ3) is 3.16. The number of amides is 1. The van der Waals surface area contributed by atoms with Crippen LogP contribution in [-0.4, -0.2) is 17.4 Å². The van der Waals surface area contributed by atoms with Gasteiger partial charge in [0.2, 0.25) is 5.91 Å². The summed E-state index contributed by atoms with van der Waals surface area (Å²) < 4.78 is 0. The van der Waals surface area contributed by atoms with Crippen molar-refractivity contribution in [3.63, 3.8) is 0 Å². The third-order valence-corrected chi connectivity index (χ3v) is 5.54. The molecule has 128 valence electrons. The number of nitrogens with one attached hydrogen (secondary N) is 2. The molecule has 3 aromatic rings. The predicted octanol–water partition coefficient (Wildman–Crippen LogP) is 4.52. The molecule has 1 aromatic heterocycles. The number of aromatic nitrogens is 1. The van der Waals surface area contributed by atoms with Gasteiger partial charge in [-0.05, 0) is 48.6 Å². The van der Waals surface area contributed by atoms with E-state index in [4.69, 9.17) is 11.6 Å². The molecule has 3 nitrogen and oxygen atoms in total. The Hall–Kier alpha value is -2.26. The van der Waals surface area contributed by atoms with Crippen LogP contribution in [0.1, 0.15) is 29.5 Å². The van der Waals surface area contributed by atoms with Crippen molar-refractivity contribution in [2.75, 3.05) is 6.54 Å². The predicted molar refractivity (Wildman–Crippen MR) is 102 cm³/mol. The van der Waals surface area contributed by atoms with Crippen LogP contribution in [0.25, 0.3) is 10.9 Å². The topological polar surface area (TPSA) is 44.9 Å². The summed E-state index contributed by atoms with van der Waals surface area (Å²) in [6.07, 6.45) is 4.72. The molecule has 1 aliphatic carbocycles. The highest BCUT2D eigenvalue weighted by Gasteiger charge is 2.45. The number of hydrogen-bond acceptors (Lipinski definition) is 1. The van der Waals surface area contributed by atoms with E-state index in [2.05, 4.69) is 22.6 Å². The van der Waals surface area contributed by atoms with Crippen LogP contribution in [0.2, 0.25) is 5.02 Å². The van der Waals surface area contributed by atoms with Gasteiger partial charge in [0.15, 0.2) is 0 Å². The van der Waals surface area contributed by atoms with Crippen LogP contribution in [0.4, 0.5) is 0 Å². The van der Waals surface area contributed by atoms with Gasteiger partial charge in [-0.1, -0.05) is 41.9 Å². The molecule has 4 rings (SSSR count). The summed E-state index contributed by atoms with van der Waals surface area (Å²) >= 11 is 6.07. The van der Waals surface area contributed by atoms with Crippen LogP contribution in [-0.2, 0) is 16.6 Å². The SMILES string of the molecule is Cc1ccccc1CC(=O)NCC1(c2c[nH]c3cc(Cl)ccc23)CC1. The molecule has 1 heterocycles. The number of hydrogen-bond donors (Lipinski definition) is 2. The number of halogens is 1. The Labute approximate surface area is 152 Å². The van der Waals surface area contributed by atoms with E-state index in [1.54, 1.807) is 0 Å². The van der Waals surface area contributed by atoms with Crippen molar-refractivity contribution in [3.05, 3.63) is 70.4 Å². The molecule has 2 N–H and O–H groups in total. The van der Waals surface area contributed by atoms with Crippen molar-refractivity contribution in [1.29, 1.82) is 0 Å². The van der Waals surface area contributed by atoms with Gasteiger partial charge in [0.1, 0.15) is 0 Å². The third-order valence-electron chi connectivity index (χ3n) is 5.30. The van der Waals surface area contributed by atoms with E-state index in [0.717, 1.165) is 34.5 Å². The molecule has 1 saturated carbocycles. The summed E-state index contributed by atoms with van der Waals surface area (Å²) in [4.78, 5) is 15.7. The summed E-state index contributed by atoms with van der Waals surface area (Å²) in [7, 11) is 0. The molecule has 0 bridgehead atoms. The standard InChI is InChI=1S/C21H21ClN2O/c1-14-4-2-3-5-15(14)10-20(25)24-13-21(8-9-21)18-12-23-19-11-16(22)6-7-17(18)19/h2-7,11-12,23H,8-10,13H2,1H3,(H,24,25). The number of aromatic amines is 1. The van der Waals surface area contributed by atoms with Gasteiger partial charge in [-0.25, -0.2) is 0 Å². The Kier molecular flexibility index (Phi) is 4.04. The van der Waals surface area contributed by atoms with Crippen molar-refractivity contribution in [1.82, 2.24) is 10.3 Å². The number of H-pyrrole nitrogens is 1. The lowest BCUT2D eigenvalue weighted by Gasteiger charge is -2.16. The Morgan fingerprint density at radius 1 is 1.24 bits per heavy atom. The molecule has 0 saturated heterocycles. The lowest BCUT2D eigenvalue weighted by atomic mass is 9.95. The summed E-state index contributed by atoms with van der Waals surface area (Å²) in [5.74, 6) is 0.0865. The molecule has 0 radical (unpaired) electrons. The summed E-state index contributed by atoms with van der Waals surface area (Å²) in [6.45, 7) is 2.73. The molecular formula is C21H21ClN2O. The van der Waals surface area contributed by atoms with Gasteiger partial charge in [-0.3, -0.25) is 4.79 Å². The van der Waals surface area contributed by atoms with E-state index in [0.29, 0.717) is 13.0 Å². The minimum Gasteiger partial charge on any atom is -0.361 e. The maximum absolute atomic E-state index is 12.4. The van der Waals surface area contributed by atoms with Crippen LogP contribution in [0.15, 0.2) is 48.7 Å².